The first-order valence-corrected chi connectivity index (χ1v) is 11.0. The fourth-order valence-corrected chi connectivity index (χ4v) is 4.32. The normalized spacial score (nSPS) is 16.1. The van der Waals surface area contributed by atoms with Crippen molar-refractivity contribution < 1.29 is 9.47 Å². The zero-order chi connectivity index (χ0) is 21.7. The number of rotatable bonds is 8. The highest BCUT2D eigenvalue weighted by molar-refractivity contribution is 6.29. The van der Waals surface area contributed by atoms with Crippen molar-refractivity contribution in [3.63, 3.8) is 0 Å². The molecule has 9 heteroatoms. The van der Waals surface area contributed by atoms with Gasteiger partial charge in [-0.05, 0) is 55.2 Å². The lowest BCUT2D eigenvalue weighted by atomic mass is 10.2. The number of fused-ring (bicyclic) bond motifs is 1. The Morgan fingerprint density at radius 2 is 1.68 bits per heavy atom. The van der Waals surface area contributed by atoms with Crippen molar-refractivity contribution in [2.75, 3.05) is 14.2 Å². The van der Waals surface area contributed by atoms with Crippen LogP contribution in [0.5, 0.6) is 11.5 Å². The summed E-state index contributed by atoms with van der Waals surface area (Å²) in [5, 5.41) is 0.171. The highest BCUT2D eigenvalue weighted by Crippen LogP contribution is 2.34. The number of hydrogen-bond acceptors (Lipinski definition) is 5. The smallest absolute Gasteiger partial charge is 0.332 e. The van der Waals surface area contributed by atoms with E-state index < -0.39 is 0 Å². The van der Waals surface area contributed by atoms with E-state index >= 15 is 0 Å². The van der Waals surface area contributed by atoms with Crippen molar-refractivity contribution in [2.24, 2.45) is 11.8 Å². The highest BCUT2D eigenvalue weighted by Gasteiger charge is 2.30. The summed E-state index contributed by atoms with van der Waals surface area (Å²) in [6, 6.07) is 5.57. The van der Waals surface area contributed by atoms with E-state index in [9.17, 15) is 9.59 Å². The van der Waals surface area contributed by atoms with E-state index in [4.69, 9.17) is 21.1 Å². The minimum Gasteiger partial charge on any atom is -0.493 e. The Morgan fingerprint density at radius 3 is 2.29 bits per heavy atom. The molecule has 0 N–H and O–H groups in total. The standard InChI is InChI=1S/C22H25ClN4O4/c1-30-16-5-3-4-15(18(16)31-2)12-25-17-19(24-21(25)23)26(10-13-6-7-13)22(29)27(20(17)28)11-14-8-9-14/h3-5,13-14H,6-12H2,1-2H3. The third-order valence-electron chi connectivity index (χ3n) is 6.16. The lowest BCUT2D eigenvalue weighted by Gasteiger charge is -2.15. The Balaban J connectivity index is 1.70. The Bertz CT molecular complexity index is 1270. The maximum absolute atomic E-state index is 13.4. The van der Waals surface area contributed by atoms with Crippen LogP contribution in [0, 0.1) is 11.8 Å². The Labute approximate surface area is 184 Å². The third-order valence-corrected chi connectivity index (χ3v) is 6.44. The van der Waals surface area contributed by atoms with E-state index in [0.29, 0.717) is 47.6 Å². The maximum Gasteiger partial charge on any atom is 0.332 e. The largest absolute Gasteiger partial charge is 0.493 e. The molecule has 0 saturated heterocycles. The minimum atomic E-state index is -0.333. The molecule has 0 bridgehead atoms. The molecule has 0 atom stereocenters. The van der Waals surface area contributed by atoms with E-state index in [1.54, 1.807) is 23.4 Å². The van der Waals surface area contributed by atoms with E-state index in [0.717, 1.165) is 31.2 Å². The van der Waals surface area contributed by atoms with Gasteiger partial charge in [-0.3, -0.25) is 13.9 Å². The van der Waals surface area contributed by atoms with E-state index in [1.165, 1.54) is 4.57 Å². The average Bonchev–Trinajstić information content (AvgIpc) is 3.69. The first-order chi connectivity index (χ1) is 15.0. The summed E-state index contributed by atoms with van der Waals surface area (Å²) in [5.74, 6) is 2.02. The monoisotopic (exact) mass is 444 g/mol. The van der Waals surface area contributed by atoms with Crippen LogP contribution >= 0.6 is 11.6 Å². The number of aromatic nitrogens is 4. The molecule has 2 fully saturated rings. The van der Waals surface area contributed by atoms with E-state index in [-0.39, 0.29) is 23.1 Å². The van der Waals surface area contributed by atoms with Crippen LogP contribution in [0.15, 0.2) is 27.8 Å². The van der Waals surface area contributed by atoms with Crippen LogP contribution in [0.2, 0.25) is 5.28 Å². The lowest BCUT2D eigenvalue weighted by molar-refractivity contribution is 0.351. The second-order valence-corrected chi connectivity index (χ2v) is 8.83. The number of ether oxygens (including phenoxy) is 2. The molecule has 8 nitrogen and oxygen atoms in total. The molecule has 2 aliphatic carbocycles. The summed E-state index contributed by atoms with van der Waals surface area (Å²) >= 11 is 6.52. The van der Waals surface area contributed by atoms with Gasteiger partial charge in [0.05, 0.1) is 20.8 Å². The summed E-state index contributed by atoms with van der Waals surface area (Å²) in [4.78, 5) is 31.1. The SMILES string of the molecule is COc1cccc(Cn2c(Cl)nc3c2c(=O)n(CC2CC2)c(=O)n3CC2CC2)c1OC. The quantitative estimate of drug-likeness (QED) is 0.499. The van der Waals surface area contributed by atoms with Gasteiger partial charge in [-0.25, -0.2) is 4.79 Å². The summed E-state index contributed by atoms with van der Waals surface area (Å²) in [5.41, 5.74) is 0.907. The van der Waals surface area contributed by atoms with Gasteiger partial charge in [0.15, 0.2) is 22.7 Å². The number of halogens is 1. The molecule has 3 aromatic rings. The minimum absolute atomic E-state index is 0.171. The van der Waals surface area contributed by atoms with E-state index in [2.05, 4.69) is 4.98 Å². The van der Waals surface area contributed by atoms with Gasteiger partial charge >= 0.3 is 5.69 Å². The predicted octanol–water partition coefficient (Wildman–Crippen LogP) is 2.90. The summed E-state index contributed by atoms with van der Waals surface area (Å²) in [6.07, 6.45) is 4.28. The number of para-hydroxylation sites is 1. The van der Waals surface area contributed by atoms with Gasteiger partial charge in [-0.1, -0.05) is 12.1 Å². The third kappa shape index (κ3) is 3.63. The molecule has 0 spiro atoms. The number of benzene rings is 1. The number of imidazole rings is 1. The summed E-state index contributed by atoms with van der Waals surface area (Å²) in [7, 11) is 3.15. The first kappa shape index (κ1) is 20.2. The summed E-state index contributed by atoms with van der Waals surface area (Å²) in [6.45, 7) is 1.29. The highest BCUT2D eigenvalue weighted by atomic mass is 35.5. The second-order valence-electron chi connectivity index (χ2n) is 8.49. The predicted molar refractivity (Wildman–Crippen MR) is 117 cm³/mol. The molecule has 2 heterocycles. The van der Waals surface area contributed by atoms with Crippen LogP contribution in [0.4, 0.5) is 0 Å². The van der Waals surface area contributed by atoms with Gasteiger partial charge in [0.2, 0.25) is 5.28 Å². The van der Waals surface area contributed by atoms with Gasteiger partial charge in [-0.2, -0.15) is 4.98 Å². The second kappa shape index (κ2) is 7.75. The average molecular weight is 445 g/mol. The first-order valence-electron chi connectivity index (χ1n) is 10.6. The molecular weight excluding hydrogens is 420 g/mol. The molecule has 164 valence electrons. The van der Waals surface area contributed by atoms with Crippen LogP contribution < -0.4 is 20.7 Å². The molecule has 0 radical (unpaired) electrons. The van der Waals surface area contributed by atoms with Crippen molar-refractivity contribution in [3.05, 3.63) is 49.9 Å². The fraction of sp³-hybridized carbons (Fsp3) is 0.500. The zero-order valence-corrected chi connectivity index (χ0v) is 18.4. The zero-order valence-electron chi connectivity index (χ0n) is 17.6. The number of nitrogens with zero attached hydrogens (tertiary/aromatic N) is 4. The maximum atomic E-state index is 13.4. The van der Waals surface area contributed by atoms with Crippen LogP contribution in [-0.2, 0) is 19.6 Å². The molecule has 5 rings (SSSR count). The van der Waals surface area contributed by atoms with Gasteiger partial charge in [-0.15, -0.1) is 0 Å². The van der Waals surface area contributed by atoms with Gasteiger partial charge in [0.1, 0.15) is 0 Å². The molecule has 2 aromatic heterocycles. The van der Waals surface area contributed by atoms with Gasteiger partial charge < -0.3 is 14.0 Å². The van der Waals surface area contributed by atoms with Crippen molar-refractivity contribution in [1.29, 1.82) is 0 Å². The van der Waals surface area contributed by atoms with Crippen LogP contribution in [0.1, 0.15) is 31.2 Å². The van der Waals surface area contributed by atoms with Crippen LogP contribution in [-0.4, -0.2) is 32.9 Å². The van der Waals surface area contributed by atoms with Gasteiger partial charge in [0, 0.05) is 18.7 Å². The van der Waals surface area contributed by atoms with Crippen molar-refractivity contribution in [1.82, 2.24) is 18.7 Å². The van der Waals surface area contributed by atoms with E-state index in [1.807, 2.05) is 18.2 Å². The number of hydrogen-bond donors (Lipinski definition) is 0. The van der Waals surface area contributed by atoms with Gasteiger partial charge in [0.25, 0.3) is 5.56 Å². The molecule has 0 unspecified atom stereocenters. The summed E-state index contributed by atoms with van der Waals surface area (Å²) < 4.78 is 15.6. The molecule has 0 amide bonds. The van der Waals surface area contributed by atoms with Crippen molar-refractivity contribution in [3.8, 4) is 11.5 Å². The lowest BCUT2D eigenvalue weighted by Crippen LogP contribution is -2.41. The molecule has 2 saturated carbocycles. The fourth-order valence-electron chi connectivity index (χ4n) is 4.10. The van der Waals surface area contributed by atoms with Crippen LogP contribution in [0.25, 0.3) is 11.2 Å². The Hall–Kier alpha value is -2.74. The Kier molecular flexibility index (Phi) is 5.04. The molecule has 2 aliphatic rings. The van der Waals surface area contributed by atoms with Crippen molar-refractivity contribution in [2.45, 2.75) is 45.3 Å². The van der Waals surface area contributed by atoms with Crippen LogP contribution in [0.3, 0.4) is 0 Å². The topological polar surface area (TPSA) is 80.3 Å². The molecule has 1 aromatic carbocycles. The van der Waals surface area contributed by atoms with Crippen molar-refractivity contribution >= 4 is 22.8 Å². The Morgan fingerprint density at radius 1 is 1.00 bits per heavy atom. The number of methoxy groups -OCH3 is 2. The molecular formula is C22H25ClN4O4. The molecule has 0 aliphatic heterocycles. The molecule has 31 heavy (non-hydrogen) atoms.